The van der Waals surface area contributed by atoms with Crippen molar-refractivity contribution < 1.29 is 4.74 Å². The summed E-state index contributed by atoms with van der Waals surface area (Å²) < 4.78 is 7.29. The molecule has 0 atom stereocenters. The van der Waals surface area contributed by atoms with Crippen molar-refractivity contribution in [2.75, 3.05) is 7.11 Å². The van der Waals surface area contributed by atoms with E-state index >= 15 is 0 Å². The fraction of sp³-hybridized carbons (Fsp3) is 0.353. The van der Waals surface area contributed by atoms with Gasteiger partial charge >= 0.3 is 0 Å². The summed E-state index contributed by atoms with van der Waals surface area (Å²) in [5.41, 5.74) is 3.91. The maximum Gasteiger partial charge on any atom is 0.183 e. The van der Waals surface area contributed by atoms with E-state index in [-0.39, 0.29) is 0 Å². The Kier molecular flexibility index (Phi) is 3.18. The lowest BCUT2D eigenvalue weighted by Gasteiger charge is -2.11. The standard InChI is InChI=1S/C17H19N5O/c1-10-8-11(2)22(21-10)15-9-13(23-3)6-7-14(15)17-18-16(19-20-17)12-4-5-12/h6-9,12H,4-5H2,1-3H3,(H,18,19,20). The number of aromatic nitrogens is 5. The van der Waals surface area contributed by atoms with Crippen molar-refractivity contribution in [1.29, 1.82) is 0 Å². The molecule has 0 aliphatic heterocycles. The van der Waals surface area contributed by atoms with E-state index in [0.29, 0.717) is 11.7 Å². The summed E-state index contributed by atoms with van der Waals surface area (Å²) in [5, 5.41) is 12.1. The first-order valence-corrected chi connectivity index (χ1v) is 7.80. The van der Waals surface area contributed by atoms with Crippen LogP contribution in [0.15, 0.2) is 24.3 Å². The maximum atomic E-state index is 5.38. The van der Waals surface area contributed by atoms with Crippen molar-refractivity contribution in [2.45, 2.75) is 32.6 Å². The molecule has 0 unspecified atom stereocenters. The monoisotopic (exact) mass is 309 g/mol. The highest BCUT2D eigenvalue weighted by atomic mass is 16.5. The third kappa shape index (κ3) is 2.50. The molecule has 4 rings (SSSR count). The van der Waals surface area contributed by atoms with E-state index in [4.69, 9.17) is 4.74 Å². The third-order valence-electron chi connectivity index (χ3n) is 4.15. The van der Waals surface area contributed by atoms with Crippen LogP contribution in [-0.4, -0.2) is 32.1 Å². The Morgan fingerprint density at radius 3 is 2.70 bits per heavy atom. The summed E-state index contributed by atoms with van der Waals surface area (Å²) in [4.78, 5) is 4.67. The smallest absolute Gasteiger partial charge is 0.183 e. The average molecular weight is 309 g/mol. The van der Waals surface area contributed by atoms with Crippen LogP contribution < -0.4 is 4.74 Å². The lowest BCUT2D eigenvalue weighted by molar-refractivity contribution is 0.414. The Balaban J connectivity index is 1.86. The van der Waals surface area contributed by atoms with Crippen LogP contribution >= 0.6 is 0 Å². The molecular formula is C17H19N5O. The van der Waals surface area contributed by atoms with Gasteiger partial charge in [-0.15, -0.1) is 0 Å². The van der Waals surface area contributed by atoms with Crippen molar-refractivity contribution in [3.05, 3.63) is 41.5 Å². The number of rotatable bonds is 4. The summed E-state index contributed by atoms with van der Waals surface area (Å²) in [6, 6.07) is 7.95. The van der Waals surface area contributed by atoms with Crippen LogP contribution in [0.3, 0.4) is 0 Å². The van der Waals surface area contributed by atoms with Crippen LogP contribution in [0, 0.1) is 13.8 Å². The second-order valence-electron chi connectivity index (χ2n) is 6.04. The van der Waals surface area contributed by atoms with Gasteiger partial charge in [-0.05, 0) is 44.9 Å². The van der Waals surface area contributed by atoms with Gasteiger partial charge in [-0.25, -0.2) is 9.67 Å². The lowest BCUT2D eigenvalue weighted by atomic mass is 10.1. The van der Waals surface area contributed by atoms with E-state index < -0.39 is 0 Å². The number of hydrogen-bond donors (Lipinski definition) is 1. The Hall–Kier alpha value is -2.63. The van der Waals surface area contributed by atoms with Crippen molar-refractivity contribution >= 4 is 0 Å². The highest BCUT2D eigenvalue weighted by Gasteiger charge is 2.27. The molecule has 1 N–H and O–H groups in total. The predicted molar refractivity (Wildman–Crippen MR) is 86.9 cm³/mol. The second kappa shape index (κ2) is 5.22. The van der Waals surface area contributed by atoms with E-state index in [1.165, 1.54) is 12.8 Å². The molecule has 0 bridgehead atoms. The molecule has 0 spiro atoms. The van der Waals surface area contributed by atoms with Crippen LogP contribution in [0.4, 0.5) is 0 Å². The minimum absolute atomic E-state index is 0.548. The van der Waals surface area contributed by atoms with Gasteiger partial charge < -0.3 is 4.74 Å². The predicted octanol–water partition coefficient (Wildman–Crippen LogP) is 3.16. The molecule has 3 aromatic rings. The first kappa shape index (κ1) is 14.0. The summed E-state index contributed by atoms with van der Waals surface area (Å²) in [5.74, 6) is 3.02. The largest absolute Gasteiger partial charge is 0.497 e. The number of ether oxygens (including phenoxy) is 1. The summed E-state index contributed by atoms with van der Waals surface area (Å²) in [7, 11) is 1.66. The zero-order valence-electron chi connectivity index (χ0n) is 13.5. The molecule has 1 fully saturated rings. The van der Waals surface area contributed by atoms with Gasteiger partial charge in [0.1, 0.15) is 11.6 Å². The van der Waals surface area contributed by atoms with Gasteiger partial charge in [0.25, 0.3) is 0 Å². The highest BCUT2D eigenvalue weighted by molar-refractivity contribution is 5.69. The van der Waals surface area contributed by atoms with Crippen LogP contribution in [0.5, 0.6) is 5.75 Å². The number of H-pyrrole nitrogens is 1. The van der Waals surface area contributed by atoms with Gasteiger partial charge in [-0.2, -0.15) is 10.2 Å². The molecule has 2 aromatic heterocycles. The van der Waals surface area contributed by atoms with E-state index in [1.807, 2.05) is 36.7 Å². The van der Waals surface area contributed by atoms with Crippen molar-refractivity contribution in [1.82, 2.24) is 25.0 Å². The quantitative estimate of drug-likeness (QED) is 0.804. The first-order valence-electron chi connectivity index (χ1n) is 7.80. The molecule has 23 heavy (non-hydrogen) atoms. The Labute approximate surface area is 134 Å². The van der Waals surface area contributed by atoms with Gasteiger partial charge in [0.2, 0.25) is 0 Å². The van der Waals surface area contributed by atoms with Crippen LogP contribution in [0.1, 0.15) is 36.0 Å². The molecule has 1 saturated carbocycles. The van der Waals surface area contributed by atoms with Crippen LogP contribution in [0.2, 0.25) is 0 Å². The SMILES string of the molecule is COc1ccc(-c2n[nH]c(C3CC3)n2)c(-n2nc(C)cc2C)c1. The van der Waals surface area contributed by atoms with Gasteiger partial charge in [0.05, 0.1) is 18.5 Å². The molecule has 1 aliphatic carbocycles. The number of benzene rings is 1. The molecule has 0 radical (unpaired) electrons. The maximum absolute atomic E-state index is 5.38. The molecule has 0 amide bonds. The molecular weight excluding hydrogens is 290 g/mol. The fourth-order valence-corrected chi connectivity index (χ4v) is 2.81. The van der Waals surface area contributed by atoms with Gasteiger partial charge in [0.15, 0.2) is 5.82 Å². The molecule has 1 aromatic carbocycles. The van der Waals surface area contributed by atoms with Gasteiger partial charge in [-0.1, -0.05) is 0 Å². The average Bonchev–Trinajstić information content (AvgIpc) is 3.19. The van der Waals surface area contributed by atoms with Gasteiger partial charge in [-0.3, -0.25) is 5.10 Å². The van der Waals surface area contributed by atoms with E-state index in [0.717, 1.165) is 34.2 Å². The summed E-state index contributed by atoms with van der Waals surface area (Å²) in [6.45, 7) is 4.03. The highest BCUT2D eigenvalue weighted by Crippen LogP contribution is 2.39. The molecule has 6 nitrogen and oxygen atoms in total. The topological polar surface area (TPSA) is 68.6 Å². The minimum atomic E-state index is 0.548. The molecule has 6 heteroatoms. The summed E-state index contributed by atoms with van der Waals surface area (Å²) in [6.07, 6.45) is 2.39. The molecule has 1 aliphatic rings. The normalized spacial score (nSPS) is 14.2. The minimum Gasteiger partial charge on any atom is -0.497 e. The fourth-order valence-electron chi connectivity index (χ4n) is 2.81. The zero-order valence-corrected chi connectivity index (χ0v) is 13.5. The van der Waals surface area contributed by atoms with Crippen molar-refractivity contribution in [2.24, 2.45) is 0 Å². The number of nitrogens with one attached hydrogen (secondary N) is 1. The van der Waals surface area contributed by atoms with E-state index in [2.05, 4.69) is 26.3 Å². The number of methoxy groups -OCH3 is 1. The number of nitrogens with zero attached hydrogens (tertiary/aromatic N) is 4. The van der Waals surface area contributed by atoms with Crippen molar-refractivity contribution in [3.8, 4) is 22.8 Å². The van der Waals surface area contributed by atoms with Gasteiger partial charge in [0, 0.05) is 23.2 Å². The first-order chi connectivity index (χ1) is 11.2. The summed E-state index contributed by atoms with van der Waals surface area (Å²) >= 11 is 0. The number of aromatic amines is 1. The molecule has 0 saturated heterocycles. The Morgan fingerprint density at radius 1 is 1.22 bits per heavy atom. The lowest BCUT2D eigenvalue weighted by Crippen LogP contribution is -2.03. The van der Waals surface area contributed by atoms with E-state index in [1.54, 1.807) is 7.11 Å². The number of hydrogen-bond acceptors (Lipinski definition) is 4. The van der Waals surface area contributed by atoms with E-state index in [9.17, 15) is 0 Å². The Morgan fingerprint density at radius 2 is 2.04 bits per heavy atom. The second-order valence-corrected chi connectivity index (χ2v) is 6.04. The van der Waals surface area contributed by atoms with Crippen molar-refractivity contribution in [3.63, 3.8) is 0 Å². The molecule has 118 valence electrons. The third-order valence-corrected chi connectivity index (χ3v) is 4.15. The van der Waals surface area contributed by atoms with Crippen LogP contribution in [0.25, 0.3) is 17.1 Å². The zero-order chi connectivity index (χ0) is 16.0. The molecule has 2 heterocycles. The van der Waals surface area contributed by atoms with Crippen LogP contribution in [-0.2, 0) is 0 Å². The number of aryl methyl sites for hydroxylation is 2. The Bertz CT molecular complexity index is 860.